The molecule has 104 valence electrons. The van der Waals surface area contributed by atoms with E-state index in [4.69, 9.17) is 10.5 Å². The zero-order chi connectivity index (χ0) is 14.7. The fraction of sp³-hybridized carbons (Fsp3) is 0.0769. The number of hydrogen-bond donors (Lipinski definition) is 1. The van der Waals surface area contributed by atoms with Gasteiger partial charge in [0.05, 0.1) is 4.92 Å². The highest BCUT2D eigenvalue weighted by Crippen LogP contribution is 2.34. The first-order chi connectivity index (χ1) is 9.51. The average molecular weight is 280 g/mol. The van der Waals surface area contributed by atoms with Crippen molar-refractivity contribution in [1.29, 1.82) is 0 Å². The molecule has 2 N–H and O–H groups in total. The highest BCUT2D eigenvalue weighted by atomic mass is 19.1. The fourth-order valence-corrected chi connectivity index (χ4v) is 1.66. The summed E-state index contributed by atoms with van der Waals surface area (Å²) in [5.74, 6) is -2.15. The molecule has 0 aliphatic carbocycles. The lowest BCUT2D eigenvalue weighted by Gasteiger charge is -2.08. The maximum absolute atomic E-state index is 13.6. The Morgan fingerprint density at radius 3 is 2.65 bits per heavy atom. The summed E-state index contributed by atoms with van der Waals surface area (Å²) in [5.41, 5.74) is 5.28. The number of halogens is 2. The molecule has 0 fully saturated rings. The molecule has 2 rings (SSSR count). The van der Waals surface area contributed by atoms with Crippen LogP contribution in [0.25, 0.3) is 0 Å². The minimum absolute atomic E-state index is 0.0568. The van der Waals surface area contributed by atoms with Gasteiger partial charge in [0.2, 0.25) is 5.75 Å². The molecule has 0 heterocycles. The van der Waals surface area contributed by atoms with Crippen molar-refractivity contribution in [2.75, 3.05) is 0 Å². The molecule has 0 aliphatic rings. The van der Waals surface area contributed by atoms with Crippen LogP contribution in [-0.2, 0) is 6.54 Å². The Morgan fingerprint density at radius 1 is 1.25 bits per heavy atom. The number of ether oxygens (including phenoxy) is 1. The number of nitrogens with two attached hydrogens (primary N) is 1. The fourth-order valence-electron chi connectivity index (χ4n) is 1.66. The van der Waals surface area contributed by atoms with Crippen molar-refractivity contribution in [3.05, 3.63) is 63.7 Å². The van der Waals surface area contributed by atoms with Gasteiger partial charge in [-0.15, -0.1) is 0 Å². The van der Waals surface area contributed by atoms with Crippen molar-refractivity contribution in [3.8, 4) is 11.5 Å². The van der Waals surface area contributed by atoms with Crippen LogP contribution in [-0.4, -0.2) is 4.92 Å². The van der Waals surface area contributed by atoms with Gasteiger partial charge >= 0.3 is 5.69 Å². The van der Waals surface area contributed by atoms with Crippen LogP contribution in [0.4, 0.5) is 14.5 Å². The van der Waals surface area contributed by atoms with Crippen LogP contribution < -0.4 is 10.5 Å². The van der Waals surface area contributed by atoms with Crippen molar-refractivity contribution < 1.29 is 18.4 Å². The smallest absolute Gasteiger partial charge is 0.314 e. The zero-order valence-corrected chi connectivity index (χ0v) is 10.2. The SMILES string of the molecule is NCc1cc(F)cc(Oc2c(F)cccc2[N+](=O)[O-])c1. The summed E-state index contributed by atoms with van der Waals surface area (Å²) >= 11 is 0. The van der Waals surface area contributed by atoms with Gasteiger partial charge in [-0.3, -0.25) is 10.1 Å². The molecule has 5 nitrogen and oxygen atoms in total. The Labute approximate surface area is 112 Å². The lowest BCUT2D eigenvalue weighted by atomic mass is 10.2. The number of benzene rings is 2. The number of nitro groups is 1. The molecule has 0 bridgehead atoms. The average Bonchev–Trinajstić information content (AvgIpc) is 2.40. The second-order valence-electron chi connectivity index (χ2n) is 3.95. The normalized spacial score (nSPS) is 10.3. The largest absolute Gasteiger partial charge is 0.447 e. The van der Waals surface area contributed by atoms with Crippen molar-refractivity contribution >= 4 is 5.69 Å². The summed E-state index contributed by atoms with van der Waals surface area (Å²) in [4.78, 5) is 10.0. The van der Waals surface area contributed by atoms with Crippen LogP contribution in [0.15, 0.2) is 36.4 Å². The molecule has 0 radical (unpaired) electrons. The van der Waals surface area contributed by atoms with Crippen molar-refractivity contribution in [2.24, 2.45) is 5.73 Å². The molecule has 0 aromatic heterocycles. The third-order valence-corrected chi connectivity index (χ3v) is 2.53. The third kappa shape index (κ3) is 2.89. The van der Waals surface area contributed by atoms with Gasteiger partial charge < -0.3 is 10.5 Å². The van der Waals surface area contributed by atoms with E-state index in [9.17, 15) is 18.9 Å². The number of hydrogen-bond acceptors (Lipinski definition) is 4. The van der Waals surface area contributed by atoms with E-state index < -0.39 is 28.0 Å². The van der Waals surface area contributed by atoms with E-state index in [1.807, 2.05) is 0 Å². The highest BCUT2D eigenvalue weighted by molar-refractivity contribution is 5.49. The molecular formula is C13H10F2N2O3. The third-order valence-electron chi connectivity index (χ3n) is 2.53. The first kappa shape index (κ1) is 13.9. The minimum Gasteiger partial charge on any atom is -0.447 e. The molecular weight excluding hydrogens is 270 g/mol. The number of rotatable bonds is 4. The van der Waals surface area contributed by atoms with Crippen LogP contribution in [0.2, 0.25) is 0 Å². The predicted octanol–water partition coefficient (Wildman–Crippen LogP) is 3.12. The second-order valence-corrected chi connectivity index (χ2v) is 3.95. The van der Waals surface area contributed by atoms with Gasteiger partial charge in [0.1, 0.15) is 11.6 Å². The van der Waals surface area contributed by atoms with Gasteiger partial charge in [-0.25, -0.2) is 8.78 Å². The first-order valence-corrected chi connectivity index (χ1v) is 5.61. The van der Waals surface area contributed by atoms with Gasteiger partial charge in [0.15, 0.2) is 5.82 Å². The monoisotopic (exact) mass is 280 g/mol. The van der Waals surface area contributed by atoms with Gasteiger partial charge in [0, 0.05) is 18.7 Å². The first-order valence-electron chi connectivity index (χ1n) is 5.61. The van der Waals surface area contributed by atoms with Crippen molar-refractivity contribution in [3.63, 3.8) is 0 Å². The number of para-hydroxylation sites is 1. The van der Waals surface area contributed by atoms with Crippen LogP contribution in [0, 0.1) is 21.7 Å². The Balaban J connectivity index is 2.44. The lowest BCUT2D eigenvalue weighted by Crippen LogP contribution is -1.99. The van der Waals surface area contributed by atoms with E-state index in [1.54, 1.807) is 0 Å². The summed E-state index contributed by atoms with van der Waals surface area (Å²) in [6.45, 7) is 0.0630. The Morgan fingerprint density at radius 2 is 2.00 bits per heavy atom. The molecule has 0 saturated carbocycles. The van der Waals surface area contributed by atoms with E-state index in [1.165, 1.54) is 18.2 Å². The van der Waals surface area contributed by atoms with Crippen LogP contribution in [0.1, 0.15) is 5.56 Å². The summed E-state index contributed by atoms with van der Waals surface area (Å²) in [6, 6.07) is 6.89. The van der Waals surface area contributed by atoms with Gasteiger partial charge in [-0.05, 0) is 23.8 Å². The lowest BCUT2D eigenvalue weighted by molar-refractivity contribution is -0.385. The maximum Gasteiger partial charge on any atom is 0.314 e. The molecule has 7 heteroatoms. The van der Waals surface area contributed by atoms with Crippen LogP contribution in [0.5, 0.6) is 11.5 Å². The van der Waals surface area contributed by atoms with Crippen LogP contribution >= 0.6 is 0 Å². The minimum atomic E-state index is -0.905. The quantitative estimate of drug-likeness (QED) is 0.689. The van der Waals surface area contributed by atoms with Gasteiger partial charge in [-0.1, -0.05) is 6.07 Å². The molecule has 0 atom stereocenters. The summed E-state index contributed by atoms with van der Waals surface area (Å²) in [7, 11) is 0. The van der Waals surface area contributed by atoms with E-state index in [-0.39, 0.29) is 12.3 Å². The zero-order valence-electron chi connectivity index (χ0n) is 10.2. The molecule has 0 saturated heterocycles. The van der Waals surface area contributed by atoms with E-state index >= 15 is 0 Å². The van der Waals surface area contributed by atoms with E-state index in [0.717, 1.165) is 18.2 Å². The maximum atomic E-state index is 13.6. The Bertz CT molecular complexity index is 662. The molecule has 0 aliphatic heterocycles. The summed E-state index contributed by atoms with van der Waals surface area (Å²) in [5, 5.41) is 10.8. The summed E-state index contributed by atoms with van der Waals surface area (Å²) < 4.78 is 32.1. The molecule has 2 aromatic carbocycles. The van der Waals surface area contributed by atoms with Crippen molar-refractivity contribution in [2.45, 2.75) is 6.54 Å². The summed E-state index contributed by atoms with van der Waals surface area (Å²) in [6.07, 6.45) is 0. The van der Waals surface area contributed by atoms with Crippen molar-refractivity contribution in [1.82, 2.24) is 0 Å². The second kappa shape index (κ2) is 5.62. The standard InChI is InChI=1S/C13H10F2N2O3/c14-9-4-8(7-16)5-10(6-9)20-13-11(15)2-1-3-12(13)17(18)19/h1-6H,7,16H2. The van der Waals surface area contributed by atoms with Gasteiger partial charge in [-0.2, -0.15) is 0 Å². The Hall–Kier alpha value is -2.54. The molecule has 0 amide bonds. The topological polar surface area (TPSA) is 78.4 Å². The number of nitrogens with zero attached hydrogens (tertiary/aromatic N) is 1. The highest BCUT2D eigenvalue weighted by Gasteiger charge is 2.20. The Kier molecular flexibility index (Phi) is 3.90. The van der Waals surface area contributed by atoms with E-state index in [2.05, 4.69) is 0 Å². The molecule has 0 spiro atoms. The van der Waals surface area contributed by atoms with Gasteiger partial charge in [0.25, 0.3) is 0 Å². The predicted molar refractivity (Wildman–Crippen MR) is 67.4 cm³/mol. The van der Waals surface area contributed by atoms with Crippen LogP contribution in [0.3, 0.4) is 0 Å². The molecule has 0 unspecified atom stereocenters. The molecule has 2 aromatic rings. The number of nitro benzene ring substituents is 1. The molecule has 20 heavy (non-hydrogen) atoms. The van der Waals surface area contributed by atoms with E-state index in [0.29, 0.717) is 5.56 Å².